The van der Waals surface area contributed by atoms with Crippen molar-refractivity contribution in [3.05, 3.63) is 34.6 Å². The van der Waals surface area contributed by atoms with E-state index in [1.54, 1.807) is 19.1 Å². The van der Waals surface area contributed by atoms with E-state index in [1.807, 2.05) is 18.7 Å². The Morgan fingerprint density at radius 1 is 1.35 bits per heavy atom. The van der Waals surface area contributed by atoms with E-state index in [0.29, 0.717) is 23.7 Å². The van der Waals surface area contributed by atoms with E-state index in [0.717, 1.165) is 0 Å². The molecule has 0 amide bonds. The zero-order chi connectivity index (χ0) is 13.0. The Kier molecular flexibility index (Phi) is 5.37. The molecular weight excluding hydrogens is 241 g/mol. The van der Waals surface area contributed by atoms with E-state index >= 15 is 0 Å². The molecule has 0 spiro atoms. The average Bonchev–Trinajstić information content (AvgIpc) is 2.21. The van der Waals surface area contributed by atoms with Gasteiger partial charge >= 0.3 is 0 Å². The van der Waals surface area contributed by atoms with Crippen molar-refractivity contribution >= 4 is 11.6 Å². The number of halogens is 2. The first-order valence-electron chi connectivity index (χ1n) is 5.76. The number of hydrogen-bond donors (Lipinski definition) is 1. The summed E-state index contributed by atoms with van der Waals surface area (Å²) >= 11 is 5.99. The normalized spacial score (nSPS) is 13.4. The third kappa shape index (κ3) is 4.26. The predicted molar refractivity (Wildman–Crippen MR) is 68.6 cm³/mol. The fourth-order valence-corrected chi connectivity index (χ4v) is 1.91. The van der Waals surface area contributed by atoms with E-state index in [4.69, 9.17) is 11.6 Å². The number of rotatable bonds is 5. The highest BCUT2D eigenvalue weighted by Crippen LogP contribution is 2.21. The number of hydrogen-bond acceptors (Lipinski definition) is 2. The standard InChI is InChI=1S/C13H19ClFNO/c1-9(2)16(7-10(3)17)8-11-12(14)5-4-6-13(11)15/h4-6,9-10,17H,7-8H2,1-3H3. The lowest BCUT2D eigenvalue weighted by atomic mass is 10.1. The molecule has 0 bridgehead atoms. The van der Waals surface area contributed by atoms with Gasteiger partial charge in [-0.2, -0.15) is 0 Å². The second kappa shape index (κ2) is 6.34. The molecule has 1 aromatic carbocycles. The zero-order valence-corrected chi connectivity index (χ0v) is 11.2. The van der Waals surface area contributed by atoms with Crippen molar-refractivity contribution in [1.29, 1.82) is 0 Å². The Morgan fingerprint density at radius 3 is 2.47 bits per heavy atom. The van der Waals surface area contributed by atoms with Gasteiger partial charge in [-0.15, -0.1) is 0 Å². The van der Waals surface area contributed by atoms with E-state index in [2.05, 4.69) is 0 Å². The molecule has 0 heterocycles. The van der Waals surface area contributed by atoms with E-state index < -0.39 is 6.10 Å². The second-order valence-corrected chi connectivity index (χ2v) is 4.98. The molecule has 1 N–H and O–H groups in total. The quantitative estimate of drug-likeness (QED) is 0.879. The summed E-state index contributed by atoms with van der Waals surface area (Å²) < 4.78 is 13.6. The lowest BCUT2D eigenvalue weighted by Crippen LogP contribution is -2.36. The van der Waals surface area contributed by atoms with E-state index in [9.17, 15) is 9.50 Å². The van der Waals surface area contributed by atoms with Crippen molar-refractivity contribution in [3.63, 3.8) is 0 Å². The summed E-state index contributed by atoms with van der Waals surface area (Å²) in [5.41, 5.74) is 0.489. The predicted octanol–water partition coefficient (Wildman–Crippen LogP) is 3.07. The Hall–Kier alpha value is -0.640. The highest BCUT2D eigenvalue weighted by molar-refractivity contribution is 6.31. The fraction of sp³-hybridized carbons (Fsp3) is 0.538. The molecule has 0 radical (unpaired) electrons. The molecule has 0 saturated heterocycles. The third-order valence-corrected chi connectivity index (χ3v) is 3.01. The van der Waals surface area contributed by atoms with E-state index in [1.165, 1.54) is 6.07 Å². The SMILES string of the molecule is CC(O)CN(Cc1c(F)cccc1Cl)C(C)C. The molecule has 0 aliphatic heterocycles. The van der Waals surface area contributed by atoms with Crippen LogP contribution >= 0.6 is 11.6 Å². The molecule has 17 heavy (non-hydrogen) atoms. The summed E-state index contributed by atoms with van der Waals surface area (Å²) in [6.07, 6.45) is -0.442. The van der Waals surface area contributed by atoms with Crippen LogP contribution in [0.15, 0.2) is 18.2 Å². The molecule has 0 saturated carbocycles. The van der Waals surface area contributed by atoms with Crippen molar-refractivity contribution in [1.82, 2.24) is 4.90 Å². The molecule has 1 atom stereocenters. The molecule has 0 aliphatic carbocycles. The lowest BCUT2D eigenvalue weighted by Gasteiger charge is -2.28. The molecule has 1 aromatic rings. The van der Waals surface area contributed by atoms with Gasteiger partial charge < -0.3 is 5.11 Å². The fourth-order valence-electron chi connectivity index (χ4n) is 1.68. The first-order chi connectivity index (χ1) is 7.91. The Balaban J connectivity index is 2.86. The van der Waals surface area contributed by atoms with Crippen molar-refractivity contribution < 1.29 is 9.50 Å². The summed E-state index contributed by atoms with van der Waals surface area (Å²) in [5, 5.41) is 9.85. The summed E-state index contributed by atoms with van der Waals surface area (Å²) in [6.45, 7) is 6.66. The van der Waals surface area contributed by atoms with Crippen LogP contribution in [0.1, 0.15) is 26.3 Å². The second-order valence-electron chi connectivity index (χ2n) is 4.57. The van der Waals surface area contributed by atoms with Gasteiger partial charge in [0.05, 0.1) is 6.10 Å². The Bertz CT molecular complexity index is 348. The molecule has 0 fully saturated rings. The van der Waals surface area contributed by atoms with Crippen LogP contribution in [0.4, 0.5) is 4.39 Å². The van der Waals surface area contributed by atoms with Crippen LogP contribution in [0.3, 0.4) is 0 Å². The average molecular weight is 260 g/mol. The van der Waals surface area contributed by atoms with Crippen LogP contribution in [-0.2, 0) is 6.54 Å². The summed E-state index contributed by atoms with van der Waals surface area (Å²) in [4.78, 5) is 2.00. The van der Waals surface area contributed by atoms with Crippen LogP contribution in [0.5, 0.6) is 0 Å². The maximum absolute atomic E-state index is 13.6. The third-order valence-electron chi connectivity index (χ3n) is 2.65. The topological polar surface area (TPSA) is 23.5 Å². The van der Waals surface area contributed by atoms with Crippen molar-refractivity contribution in [2.75, 3.05) is 6.54 Å². The molecule has 2 nitrogen and oxygen atoms in total. The lowest BCUT2D eigenvalue weighted by molar-refractivity contribution is 0.102. The minimum Gasteiger partial charge on any atom is -0.392 e. The summed E-state index contributed by atoms with van der Waals surface area (Å²) in [5.74, 6) is -0.297. The zero-order valence-electron chi connectivity index (χ0n) is 10.5. The molecular formula is C13H19ClFNO. The van der Waals surface area contributed by atoms with Crippen molar-refractivity contribution in [2.45, 2.75) is 39.5 Å². The maximum Gasteiger partial charge on any atom is 0.129 e. The molecule has 0 aromatic heterocycles. The van der Waals surface area contributed by atoms with Crippen LogP contribution in [0.2, 0.25) is 5.02 Å². The molecule has 1 unspecified atom stereocenters. The van der Waals surface area contributed by atoms with Gasteiger partial charge in [-0.25, -0.2) is 4.39 Å². The summed E-state index contributed by atoms with van der Waals surface area (Å²) in [7, 11) is 0. The molecule has 96 valence electrons. The van der Waals surface area contributed by atoms with Crippen molar-refractivity contribution in [3.8, 4) is 0 Å². The van der Waals surface area contributed by atoms with Crippen LogP contribution in [0, 0.1) is 5.82 Å². The number of aliphatic hydroxyl groups excluding tert-OH is 1. The first kappa shape index (κ1) is 14.4. The van der Waals surface area contributed by atoms with Crippen LogP contribution in [0.25, 0.3) is 0 Å². The first-order valence-corrected chi connectivity index (χ1v) is 6.14. The van der Waals surface area contributed by atoms with E-state index in [-0.39, 0.29) is 11.9 Å². The van der Waals surface area contributed by atoms with Gasteiger partial charge in [0.1, 0.15) is 5.82 Å². The van der Waals surface area contributed by atoms with Crippen molar-refractivity contribution in [2.24, 2.45) is 0 Å². The van der Waals surface area contributed by atoms with Gasteiger partial charge in [-0.05, 0) is 32.9 Å². The molecule has 1 rings (SSSR count). The number of nitrogens with zero attached hydrogens (tertiary/aromatic N) is 1. The van der Waals surface area contributed by atoms with Crippen LogP contribution < -0.4 is 0 Å². The minimum absolute atomic E-state index is 0.222. The minimum atomic E-state index is -0.442. The number of benzene rings is 1. The van der Waals surface area contributed by atoms with Gasteiger partial charge in [0.2, 0.25) is 0 Å². The molecule has 0 aliphatic rings. The van der Waals surface area contributed by atoms with Gasteiger partial charge in [0, 0.05) is 29.7 Å². The Morgan fingerprint density at radius 2 is 2.00 bits per heavy atom. The van der Waals surface area contributed by atoms with Gasteiger partial charge in [-0.1, -0.05) is 17.7 Å². The monoisotopic (exact) mass is 259 g/mol. The van der Waals surface area contributed by atoms with Crippen LogP contribution in [-0.4, -0.2) is 28.7 Å². The summed E-state index contributed by atoms with van der Waals surface area (Å²) in [6, 6.07) is 4.90. The van der Waals surface area contributed by atoms with Gasteiger partial charge in [-0.3, -0.25) is 4.90 Å². The largest absolute Gasteiger partial charge is 0.392 e. The van der Waals surface area contributed by atoms with Gasteiger partial charge in [0.15, 0.2) is 0 Å². The molecule has 4 heteroatoms. The maximum atomic E-state index is 13.6. The highest BCUT2D eigenvalue weighted by Gasteiger charge is 2.16. The number of aliphatic hydroxyl groups is 1. The Labute approximate surface area is 107 Å². The highest BCUT2D eigenvalue weighted by atomic mass is 35.5. The smallest absolute Gasteiger partial charge is 0.129 e. The van der Waals surface area contributed by atoms with Gasteiger partial charge in [0.25, 0.3) is 0 Å².